The summed E-state index contributed by atoms with van der Waals surface area (Å²) in [6.45, 7) is 2.64. The van der Waals surface area contributed by atoms with Gasteiger partial charge in [-0.3, -0.25) is 9.36 Å². The maximum atomic E-state index is 12.8. The molecule has 0 fully saturated rings. The Kier molecular flexibility index (Phi) is 5.07. The quantitative estimate of drug-likeness (QED) is 0.512. The topological polar surface area (TPSA) is 64.7 Å². The highest BCUT2D eigenvalue weighted by molar-refractivity contribution is 6.31. The van der Waals surface area contributed by atoms with Crippen molar-refractivity contribution in [1.29, 1.82) is 0 Å². The van der Waals surface area contributed by atoms with Gasteiger partial charge in [-0.25, -0.2) is 4.98 Å². The van der Waals surface area contributed by atoms with Gasteiger partial charge in [0.2, 0.25) is 5.95 Å². The van der Waals surface area contributed by atoms with Crippen molar-refractivity contribution < 1.29 is 0 Å². The van der Waals surface area contributed by atoms with Crippen LogP contribution in [0.2, 0.25) is 5.02 Å². The Bertz CT molecular complexity index is 1280. The van der Waals surface area contributed by atoms with E-state index >= 15 is 0 Å². The van der Waals surface area contributed by atoms with Crippen LogP contribution in [0.25, 0.3) is 11.2 Å². The third-order valence-electron chi connectivity index (χ3n) is 4.70. The van der Waals surface area contributed by atoms with Crippen LogP contribution in [0.15, 0.2) is 59.7 Å². The number of nitrogens with one attached hydrogen (secondary N) is 1. The van der Waals surface area contributed by atoms with Crippen molar-refractivity contribution in [3.63, 3.8) is 0 Å². The van der Waals surface area contributed by atoms with Gasteiger partial charge in [0.25, 0.3) is 0 Å². The lowest BCUT2D eigenvalue weighted by Gasteiger charge is -2.16. The highest BCUT2D eigenvalue weighted by Crippen LogP contribution is 2.26. The zero-order valence-electron chi connectivity index (χ0n) is 15.8. The molecular weight excluding hydrogens is 386 g/mol. The van der Waals surface area contributed by atoms with Crippen molar-refractivity contribution in [1.82, 2.24) is 19.1 Å². The molecule has 0 aliphatic rings. The predicted octanol–water partition coefficient (Wildman–Crippen LogP) is 3.98. The monoisotopic (exact) mass is 403 g/mol. The minimum atomic E-state index is -0.390. The Morgan fingerprint density at radius 3 is 2.72 bits per heavy atom. The summed E-state index contributed by atoms with van der Waals surface area (Å²) in [5.74, 6) is 2.93. The van der Waals surface area contributed by atoms with Gasteiger partial charge in [-0.05, 0) is 30.2 Å². The third-order valence-corrected chi connectivity index (χ3v) is 5.11. The Labute approximate surface area is 172 Å². The molecule has 2 aromatic heterocycles. The van der Waals surface area contributed by atoms with Crippen LogP contribution in [0.5, 0.6) is 0 Å². The van der Waals surface area contributed by atoms with Gasteiger partial charge in [-0.15, -0.1) is 6.42 Å². The number of terminal acetylenes is 1. The van der Waals surface area contributed by atoms with E-state index in [1.54, 1.807) is 10.9 Å². The first-order chi connectivity index (χ1) is 14.1. The lowest BCUT2D eigenvalue weighted by Crippen LogP contribution is -2.20. The number of imidazole rings is 1. The molecule has 4 rings (SSSR count). The molecule has 0 bridgehead atoms. The number of nitrogens with zero attached hydrogens (tertiary/aromatic N) is 4. The fraction of sp³-hybridized carbons (Fsp3) is 0.136. The van der Waals surface area contributed by atoms with Gasteiger partial charge < -0.3 is 9.88 Å². The highest BCUT2D eigenvalue weighted by atomic mass is 35.5. The maximum absolute atomic E-state index is 12.8. The molecule has 2 heterocycles. The van der Waals surface area contributed by atoms with Crippen LogP contribution >= 0.6 is 11.6 Å². The van der Waals surface area contributed by atoms with Crippen molar-refractivity contribution in [2.45, 2.75) is 20.0 Å². The van der Waals surface area contributed by atoms with E-state index in [4.69, 9.17) is 18.0 Å². The molecule has 2 aromatic carbocycles. The number of fused-ring (bicyclic) bond motifs is 1. The Morgan fingerprint density at radius 1 is 1.17 bits per heavy atom. The summed E-state index contributed by atoms with van der Waals surface area (Å²) < 4.78 is 3.51. The van der Waals surface area contributed by atoms with E-state index in [1.807, 2.05) is 60.0 Å². The predicted molar refractivity (Wildman–Crippen MR) is 116 cm³/mol. The Morgan fingerprint density at radius 2 is 1.97 bits per heavy atom. The van der Waals surface area contributed by atoms with Crippen molar-refractivity contribution in [2.24, 2.45) is 0 Å². The van der Waals surface area contributed by atoms with Crippen LogP contribution < -0.4 is 10.9 Å². The number of hydrogen-bond donors (Lipinski definition) is 1. The molecule has 144 valence electrons. The molecule has 0 radical (unpaired) electrons. The molecular formula is C22H18ClN5O. The molecule has 1 N–H and O–H groups in total. The van der Waals surface area contributed by atoms with Crippen LogP contribution in [0.4, 0.5) is 11.6 Å². The van der Waals surface area contributed by atoms with Gasteiger partial charge in [0, 0.05) is 10.7 Å². The van der Waals surface area contributed by atoms with Crippen LogP contribution in [-0.4, -0.2) is 19.1 Å². The molecule has 7 heteroatoms. The number of hydrogen-bond acceptors (Lipinski definition) is 4. The summed E-state index contributed by atoms with van der Waals surface area (Å²) in [5.41, 5.74) is 3.20. The van der Waals surface area contributed by atoms with Crippen LogP contribution in [0.1, 0.15) is 11.1 Å². The van der Waals surface area contributed by atoms with E-state index < -0.39 is 0 Å². The van der Waals surface area contributed by atoms with Crippen LogP contribution in [-0.2, 0) is 13.1 Å². The van der Waals surface area contributed by atoms with Gasteiger partial charge >= 0.3 is 5.56 Å². The normalized spacial score (nSPS) is 10.8. The zero-order chi connectivity index (χ0) is 20.4. The molecule has 0 spiro atoms. The van der Waals surface area contributed by atoms with Crippen molar-refractivity contribution >= 4 is 34.4 Å². The summed E-state index contributed by atoms with van der Waals surface area (Å²) in [5, 5.41) is 3.88. The van der Waals surface area contributed by atoms with Gasteiger partial charge in [0.15, 0.2) is 11.2 Å². The lowest BCUT2D eigenvalue weighted by molar-refractivity contribution is 0.798. The van der Waals surface area contributed by atoms with E-state index in [2.05, 4.69) is 21.2 Å². The minimum Gasteiger partial charge on any atom is -0.325 e. The van der Waals surface area contributed by atoms with Gasteiger partial charge in [0.1, 0.15) is 0 Å². The number of benzene rings is 2. The molecule has 0 unspecified atom stereocenters. The Balaban J connectivity index is 1.90. The molecule has 0 saturated carbocycles. The first-order valence-electron chi connectivity index (χ1n) is 9.03. The molecule has 0 aliphatic heterocycles. The molecule has 0 saturated heterocycles. The SMILES string of the molecule is C#CCn1cnc2c1c(=O)nc(Nc1cccc(Cl)c1C)n2Cc1ccccc1. The summed E-state index contributed by atoms with van der Waals surface area (Å²) in [4.78, 5) is 21.5. The summed E-state index contributed by atoms with van der Waals surface area (Å²) >= 11 is 6.25. The second-order valence-electron chi connectivity index (χ2n) is 6.60. The first-order valence-corrected chi connectivity index (χ1v) is 9.41. The number of halogens is 1. The third kappa shape index (κ3) is 3.60. The van der Waals surface area contributed by atoms with Crippen molar-refractivity contribution in [3.8, 4) is 12.3 Å². The fourth-order valence-electron chi connectivity index (χ4n) is 3.19. The minimum absolute atomic E-state index is 0.249. The molecule has 0 aliphatic carbocycles. The standard InChI is InChI=1S/C22H18ClN5O/c1-3-12-27-14-24-20-19(27)21(29)26-22(25-18-11-7-10-17(23)15(18)2)28(20)13-16-8-5-4-6-9-16/h1,4-11,14H,12-13H2,2H3,(H,25,26,29). The Hall–Kier alpha value is -3.56. The van der Waals surface area contributed by atoms with E-state index in [1.165, 1.54) is 0 Å². The van der Waals surface area contributed by atoms with Gasteiger partial charge in [-0.1, -0.05) is 53.9 Å². The van der Waals surface area contributed by atoms with Gasteiger partial charge in [-0.2, -0.15) is 4.98 Å². The molecule has 4 aromatic rings. The van der Waals surface area contributed by atoms with Crippen LogP contribution in [0.3, 0.4) is 0 Å². The highest BCUT2D eigenvalue weighted by Gasteiger charge is 2.17. The number of anilines is 2. The molecule has 0 atom stereocenters. The second-order valence-corrected chi connectivity index (χ2v) is 7.01. The van der Waals surface area contributed by atoms with E-state index in [-0.39, 0.29) is 12.1 Å². The number of aromatic nitrogens is 4. The molecule has 0 amide bonds. The molecule has 6 nitrogen and oxygen atoms in total. The van der Waals surface area contributed by atoms with Crippen molar-refractivity contribution in [2.75, 3.05) is 5.32 Å². The molecule has 29 heavy (non-hydrogen) atoms. The number of rotatable bonds is 5. The smallest absolute Gasteiger partial charge is 0.300 e. The fourth-order valence-corrected chi connectivity index (χ4v) is 3.36. The average Bonchev–Trinajstić information content (AvgIpc) is 3.14. The lowest BCUT2D eigenvalue weighted by atomic mass is 10.2. The first kappa shape index (κ1) is 18.8. The summed E-state index contributed by atoms with van der Waals surface area (Å²) in [7, 11) is 0. The second kappa shape index (κ2) is 7.82. The average molecular weight is 404 g/mol. The van der Waals surface area contributed by atoms with Crippen LogP contribution in [0, 0.1) is 19.3 Å². The van der Waals surface area contributed by atoms with E-state index in [0.717, 1.165) is 16.8 Å². The maximum Gasteiger partial charge on any atom is 0.300 e. The zero-order valence-corrected chi connectivity index (χ0v) is 16.5. The van der Waals surface area contributed by atoms with Gasteiger partial charge in [0.05, 0.1) is 19.4 Å². The van der Waals surface area contributed by atoms with E-state index in [0.29, 0.717) is 28.7 Å². The summed E-state index contributed by atoms with van der Waals surface area (Å²) in [6, 6.07) is 15.5. The van der Waals surface area contributed by atoms with E-state index in [9.17, 15) is 4.79 Å². The van der Waals surface area contributed by atoms with Crippen molar-refractivity contribution in [3.05, 3.63) is 81.4 Å². The largest absolute Gasteiger partial charge is 0.325 e. The summed E-state index contributed by atoms with van der Waals surface area (Å²) in [6.07, 6.45) is 7.01.